The predicted molar refractivity (Wildman–Crippen MR) is 21.4 cm³/mol. The van der Waals surface area contributed by atoms with Crippen LogP contribution in [0.3, 0.4) is 0 Å². The second-order valence-electron chi connectivity index (χ2n) is 0.429. The Kier molecular flexibility index (Phi) is 13.2. The van der Waals surface area contributed by atoms with Crippen molar-refractivity contribution in [1.82, 2.24) is 0 Å². The van der Waals surface area contributed by atoms with E-state index < -0.39 is 4.05 Å². The zero-order valence-electron chi connectivity index (χ0n) is 3.39. The van der Waals surface area contributed by atoms with Gasteiger partial charge >= 0.3 is 22.9 Å². The van der Waals surface area contributed by atoms with Gasteiger partial charge in [-0.1, -0.05) is 0 Å². The van der Waals surface area contributed by atoms with E-state index in [9.17, 15) is 4.39 Å². The average Bonchev–Trinajstić information content (AvgIpc) is 0.722. The van der Waals surface area contributed by atoms with E-state index in [0.29, 0.717) is 0 Å². The van der Waals surface area contributed by atoms with Gasteiger partial charge in [0.05, 0.1) is 0 Å². The molecule has 0 aliphatic rings. The van der Waals surface area contributed by atoms with Crippen molar-refractivity contribution in [1.29, 1.82) is 0 Å². The minimum absolute atomic E-state index is 0. The molecule has 0 rings (SSSR count). The fourth-order valence-electron chi connectivity index (χ4n) is 0. The first-order chi connectivity index (χ1) is 2.00. The van der Waals surface area contributed by atoms with Crippen LogP contribution < -0.4 is 31.3 Å². The maximum atomic E-state index is 11.0. The number of rotatable bonds is 0. The van der Waals surface area contributed by atoms with E-state index >= 15 is 0 Å². The van der Waals surface area contributed by atoms with Crippen molar-refractivity contribution < 1.29 is 35.7 Å². The van der Waals surface area contributed by atoms with Crippen LogP contribution in [0, 0.1) is 0 Å². The summed E-state index contributed by atoms with van der Waals surface area (Å²) in [5.74, 6) is 0. The molecule has 0 amide bonds. The molecule has 0 aromatic carbocycles. The first-order valence-electron chi connectivity index (χ1n) is 0.756. The monoisotopic (exact) mass is 178 g/mol. The van der Waals surface area contributed by atoms with Crippen molar-refractivity contribution in [3.05, 3.63) is 0 Å². The molecule has 0 aromatic rings. The quantitative estimate of drug-likeness (QED) is 0.265. The molecule has 0 aromatic heterocycles. The molecule has 6 heteroatoms. The van der Waals surface area contributed by atoms with Crippen molar-refractivity contribution >= 4 is 34.8 Å². The Hall–Kier alpha value is 1.69. The fraction of sp³-hybridized carbons (Fsp3) is 1.00. The van der Waals surface area contributed by atoms with Crippen LogP contribution in [0.5, 0.6) is 0 Å². The molecule has 0 fully saturated rings. The standard InChI is InChI=1S/CCl3F.ClH.Li/c2-1(3,4)5;;/h;1H;/q;;+1/p-1. The van der Waals surface area contributed by atoms with E-state index in [0.717, 1.165) is 0 Å². The van der Waals surface area contributed by atoms with Gasteiger partial charge in [-0.3, -0.25) is 0 Å². The van der Waals surface area contributed by atoms with E-state index in [1.54, 1.807) is 0 Å². The van der Waals surface area contributed by atoms with Crippen LogP contribution in [0.4, 0.5) is 4.39 Å². The van der Waals surface area contributed by atoms with Gasteiger partial charge < -0.3 is 12.4 Å². The third-order valence-electron chi connectivity index (χ3n) is 0. The summed E-state index contributed by atoms with van der Waals surface area (Å²) in [7, 11) is 0. The summed E-state index contributed by atoms with van der Waals surface area (Å²) < 4.78 is 8.40. The van der Waals surface area contributed by atoms with Gasteiger partial charge in [0.15, 0.2) is 0 Å². The SMILES string of the molecule is FC(Cl)(Cl)Cl.[Cl-].[Li+]. The average molecular weight is 180 g/mol. The number of hydrogen-bond donors (Lipinski definition) is 0. The van der Waals surface area contributed by atoms with Crippen molar-refractivity contribution in [2.24, 2.45) is 0 Å². The molecular formula is CCl4FLi. The van der Waals surface area contributed by atoms with E-state index in [1.165, 1.54) is 0 Å². The van der Waals surface area contributed by atoms with E-state index in [1.807, 2.05) is 0 Å². The van der Waals surface area contributed by atoms with Gasteiger partial charge in [0.25, 0.3) is 0 Å². The molecule has 0 atom stereocenters. The molecule has 0 aliphatic heterocycles. The van der Waals surface area contributed by atoms with Crippen LogP contribution in [0.15, 0.2) is 0 Å². The maximum absolute atomic E-state index is 11.0. The summed E-state index contributed by atoms with van der Waals surface area (Å²) in [6, 6.07) is 0. The predicted octanol–water partition coefficient (Wildman–Crippen LogP) is -3.71. The van der Waals surface area contributed by atoms with Gasteiger partial charge in [-0.25, -0.2) is 0 Å². The summed E-state index contributed by atoms with van der Waals surface area (Å²) in [4.78, 5) is 0. The smallest absolute Gasteiger partial charge is 1.00 e. The van der Waals surface area contributed by atoms with E-state index in [2.05, 4.69) is 34.8 Å². The Balaban J connectivity index is -0.0000000800. The Bertz CT molecular complexity index is 27.2. The molecule has 0 radical (unpaired) electrons. The first-order valence-corrected chi connectivity index (χ1v) is 1.89. The number of hydrogen-bond acceptors (Lipinski definition) is 0. The summed E-state index contributed by atoms with van der Waals surface area (Å²) in [5.41, 5.74) is 0. The zero-order chi connectivity index (χ0) is 4.50. The van der Waals surface area contributed by atoms with Crippen molar-refractivity contribution in [3.8, 4) is 0 Å². The Morgan fingerprint density at radius 3 is 1.14 bits per heavy atom. The maximum Gasteiger partial charge on any atom is 1.00 e. The van der Waals surface area contributed by atoms with Gasteiger partial charge in [0.2, 0.25) is 0 Å². The van der Waals surface area contributed by atoms with Gasteiger partial charge in [-0.15, -0.1) is 0 Å². The van der Waals surface area contributed by atoms with Crippen molar-refractivity contribution in [2.45, 2.75) is 4.05 Å². The van der Waals surface area contributed by atoms with Gasteiger partial charge in [-0.2, -0.15) is 4.39 Å². The van der Waals surface area contributed by atoms with Crippen molar-refractivity contribution in [3.63, 3.8) is 0 Å². The Morgan fingerprint density at radius 2 is 1.14 bits per heavy atom. The molecule has 0 N–H and O–H groups in total. The summed E-state index contributed by atoms with van der Waals surface area (Å²) in [6.07, 6.45) is 0. The third kappa shape index (κ3) is 87.3. The van der Waals surface area contributed by atoms with Crippen LogP contribution >= 0.6 is 34.8 Å². The molecule has 0 nitrogen and oxygen atoms in total. The molecule has 0 aliphatic carbocycles. The second-order valence-corrected chi connectivity index (χ2v) is 2.57. The van der Waals surface area contributed by atoms with Gasteiger partial charge in [-0.05, 0) is 34.8 Å². The normalized spacial score (nSPS) is 8.57. The molecule has 0 saturated carbocycles. The molecule has 40 valence electrons. The van der Waals surface area contributed by atoms with Crippen LogP contribution in [-0.4, -0.2) is 4.05 Å². The van der Waals surface area contributed by atoms with Crippen LogP contribution in [0.1, 0.15) is 0 Å². The van der Waals surface area contributed by atoms with Crippen LogP contribution in [0.25, 0.3) is 0 Å². The number of alkyl halides is 4. The minimum Gasteiger partial charge on any atom is -1.00 e. The Labute approximate surface area is 74.3 Å². The molecule has 0 spiro atoms. The van der Waals surface area contributed by atoms with E-state index in [4.69, 9.17) is 0 Å². The molecular weight excluding hydrogens is 180 g/mol. The number of halogens is 5. The molecule has 7 heavy (non-hydrogen) atoms. The van der Waals surface area contributed by atoms with Crippen molar-refractivity contribution in [2.75, 3.05) is 0 Å². The van der Waals surface area contributed by atoms with Gasteiger partial charge in [0.1, 0.15) is 0 Å². The fourth-order valence-corrected chi connectivity index (χ4v) is 0. The summed E-state index contributed by atoms with van der Waals surface area (Å²) >= 11 is 13.2. The molecule has 0 saturated heterocycles. The summed E-state index contributed by atoms with van der Waals surface area (Å²) in [5, 5.41) is 0. The van der Waals surface area contributed by atoms with E-state index in [-0.39, 0.29) is 31.3 Å². The van der Waals surface area contributed by atoms with Gasteiger partial charge in [0, 0.05) is 0 Å². The molecule has 0 unspecified atom stereocenters. The Morgan fingerprint density at radius 1 is 1.14 bits per heavy atom. The van der Waals surface area contributed by atoms with Crippen LogP contribution in [-0.2, 0) is 0 Å². The third-order valence-corrected chi connectivity index (χ3v) is 0. The topological polar surface area (TPSA) is 0 Å². The second kappa shape index (κ2) is 5.82. The van der Waals surface area contributed by atoms with Crippen LogP contribution in [0.2, 0.25) is 0 Å². The first kappa shape index (κ1) is 15.9. The minimum atomic E-state index is -2.58. The molecule has 0 bridgehead atoms. The largest absolute Gasteiger partial charge is 1.00 e. The molecule has 0 heterocycles. The summed E-state index contributed by atoms with van der Waals surface area (Å²) in [6.45, 7) is 0. The zero-order valence-corrected chi connectivity index (χ0v) is 6.41.